The molecule has 0 unspecified atom stereocenters. The number of aromatic amines is 2. The molecule has 1 saturated heterocycles. The monoisotopic (exact) mass is 414 g/mol. The van der Waals surface area contributed by atoms with E-state index in [1.54, 1.807) is 7.11 Å². The van der Waals surface area contributed by atoms with Crippen molar-refractivity contribution in [2.75, 3.05) is 13.7 Å². The Labute approximate surface area is 173 Å². The molecule has 2 aromatic heterocycles. The number of H-pyrrole nitrogens is 2. The Kier molecular flexibility index (Phi) is 5.45. The van der Waals surface area contributed by atoms with E-state index in [4.69, 9.17) is 17.0 Å². The van der Waals surface area contributed by atoms with Gasteiger partial charge in [0.1, 0.15) is 11.3 Å². The van der Waals surface area contributed by atoms with E-state index in [-0.39, 0.29) is 11.5 Å². The van der Waals surface area contributed by atoms with Crippen molar-refractivity contribution >= 4 is 40.1 Å². The number of hydrogen-bond acceptors (Lipinski definition) is 4. The average Bonchev–Trinajstić information content (AvgIpc) is 3.08. The van der Waals surface area contributed by atoms with Crippen LogP contribution in [0.15, 0.2) is 23.0 Å². The first-order chi connectivity index (χ1) is 14.0. The van der Waals surface area contributed by atoms with Crippen LogP contribution in [0.5, 0.6) is 5.75 Å². The van der Waals surface area contributed by atoms with Crippen LogP contribution < -0.4 is 10.3 Å². The van der Waals surface area contributed by atoms with Crippen LogP contribution in [0.4, 0.5) is 0 Å². The largest absolute Gasteiger partial charge is 0.497 e. The summed E-state index contributed by atoms with van der Waals surface area (Å²) in [5.41, 5.74) is 1.84. The number of amides is 1. The van der Waals surface area contributed by atoms with E-state index in [9.17, 15) is 9.59 Å². The Morgan fingerprint density at radius 1 is 1.28 bits per heavy atom. The molecule has 154 valence electrons. The first-order valence-electron chi connectivity index (χ1n) is 10.1. The smallest absolute Gasteiger partial charge is 0.278 e. The molecule has 4 rings (SSSR count). The lowest BCUT2D eigenvalue weighted by Gasteiger charge is -2.33. The summed E-state index contributed by atoms with van der Waals surface area (Å²) in [5.74, 6) is 0.881. The highest BCUT2D eigenvalue weighted by Gasteiger charge is 2.22. The minimum Gasteiger partial charge on any atom is -0.497 e. The van der Waals surface area contributed by atoms with Gasteiger partial charge in [0.2, 0.25) is 5.91 Å². The fourth-order valence-electron chi connectivity index (χ4n) is 4.19. The van der Waals surface area contributed by atoms with Crippen LogP contribution in [-0.2, 0) is 11.3 Å². The summed E-state index contributed by atoms with van der Waals surface area (Å²) in [6.45, 7) is 3.36. The van der Waals surface area contributed by atoms with Gasteiger partial charge in [-0.25, -0.2) is 0 Å². The van der Waals surface area contributed by atoms with Crippen molar-refractivity contribution in [2.45, 2.75) is 51.6 Å². The van der Waals surface area contributed by atoms with Gasteiger partial charge in [-0.05, 0) is 63.0 Å². The third-order valence-corrected chi connectivity index (χ3v) is 6.16. The predicted molar refractivity (Wildman–Crippen MR) is 116 cm³/mol. The van der Waals surface area contributed by atoms with E-state index in [2.05, 4.69) is 16.9 Å². The molecule has 1 aromatic carbocycles. The maximum Gasteiger partial charge on any atom is 0.278 e. The normalized spacial score (nSPS) is 17.2. The molecule has 1 aliphatic rings. The van der Waals surface area contributed by atoms with Gasteiger partial charge >= 0.3 is 0 Å². The fraction of sp³-hybridized carbons (Fsp3) is 0.476. The lowest BCUT2D eigenvalue weighted by atomic mass is 10.0. The molecule has 7 nitrogen and oxygen atoms in total. The maximum absolute atomic E-state index is 13.0. The summed E-state index contributed by atoms with van der Waals surface area (Å²) in [6, 6.07) is 5.91. The number of hydrogen-bond donors (Lipinski definition) is 2. The van der Waals surface area contributed by atoms with Crippen LogP contribution in [0, 0.1) is 4.77 Å². The van der Waals surface area contributed by atoms with Crippen molar-refractivity contribution in [1.82, 2.24) is 19.4 Å². The second-order valence-electron chi connectivity index (χ2n) is 7.71. The zero-order valence-corrected chi connectivity index (χ0v) is 17.6. The zero-order valence-electron chi connectivity index (χ0n) is 16.8. The Bertz CT molecular complexity index is 1180. The molecule has 0 saturated carbocycles. The summed E-state index contributed by atoms with van der Waals surface area (Å²) >= 11 is 5.45. The number of nitrogens with zero attached hydrogens (tertiary/aromatic N) is 2. The number of methoxy groups -OCH3 is 1. The van der Waals surface area contributed by atoms with Gasteiger partial charge in [0.05, 0.1) is 12.6 Å². The van der Waals surface area contributed by atoms with Crippen LogP contribution in [0.1, 0.15) is 39.0 Å². The number of likely N-dealkylation sites (tertiary alicyclic amines) is 1. The number of rotatable bonds is 5. The lowest BCUT2D eigenvalue weighted by Crippen LogP contribution is -2.42. The third-order valence-electron chi connectivity index (χ3n) is 5.84. The molecule has 1 aliphatic heterocycles. The van der Waals surface area contributed by atoms with Gasteiger partial charge in [0.25, 0.3) is 5.56 Å². The summed E-state index contributed by atoms with van der Waals surface area (Å²) < 4.78 is 7.19. The molecular weight excluding hydrogens is 388 g/mol. The van der Waals surface area contributed by atoms with Crippen LogP contribution in [0.25, 0.3) is 21.9 Å². The van der Waals surface area contributed by atoms with Gasteiger partial charge in [-0.3, -0.25) is 14.2 Å². The molecule has 2 N–H and O–H groups in total. The molecule has 1 atom stereocenters. The molecule has 1 amide bonds. The van der Waals surface area contributed by atoms with E-state index >= 15 is 0 Å². The van der Waals surface area contributed by atoms with Gasteiger partial charge in [0.15, 0.2) is 4.77 Å². The van der Waals surface area contributed by atoms with Crippen molar-refractivity contribution in [3.63, 3.8) is 0 Å². The molecule has 0 aliphatic carbocycles. The number of piperidine rings is 1. The van der Waals surface area contributed by atoms with Gasteiger partial charge in [-0.1, -0.05) is 0 Å². The first kappa shape index (κ1) is 19.7. The minimum atomic E-state index is -0.169. The molecule has 0 radical (unpaired) electrons. The van der Waals surface area contributed by atoms with Gasteiger partial charge < -0.3 is 19.6 Å². The van der Waals surface area contributed by atoms with E-state index in [0.717, 1.165) is 30.3 Å². The molecule has 0 spiro atoms. The molecule has 0 bridgehead atoms. The fourth-order valence-corrected chi connectivity index (χ4v) is 4.47. The highest BCUT2D eigenvalue weighted by atomic mass is 32.1. The predicted octanol–water partition coefficient (Wildman–Crippen LogP) is 3.73. The standard InChI is InChI=1S/C21H26N4O3S/c1-13-6-3-4-10-24(13)17(26)7-5-11-25-20(27)19-18(23-21(25)29)15-12-14(28-2)8-9-16(15)22-19/h8-9,12-13,22H,3-7,10-11H2,1-2H3,(H,23,29)/t13-/m0/s1. The number of nitrogens with one attached hydrogen (secondary N) is 2. The Hall–Kier alpha value is -2.61. The van der Waals surface area contributed by atoms with Gasteiger partial charge in [-0.15, -0.1) is 0 Å². The Balaban J connectivity index is 1.56. The maximum atomic E-state index is 13.0. The second-order valence-corrected chi connectivity index (χ2v) is 8.10. The van der Waals surface area contributed by atoms with E-state index in [0.29, 0.717) is 47.0 Å². The summed E-state index contributed by atoms with van der Waals surface area (Å²) in [5, 5.41) is 0.865. The third kappa shape index (κ3) is 3.69. The van der Waals surface area contributed by atoms with Crippen LogP contribution >= 0.6 is 12.2 Å². The topological polar surface area (TPSA) is 83.1 Å². The number of fused-ring (bicyclic) bond motifs is 3. The average molecular weight is 415 g/mol. The highest BCUT2D eigenvalue weighted by Crippen LogP contribution is 2.26. The lowest BCUT2D eigenvalue weighted by molar-refractivity contribution is -0.134. The second kappa shape index (κ2) is 8.02. The summed E-state index contributed by atoms with van der Waals surface area (Å²) in [6.07, 6.45) is 4.33. The van der Waals surface area contributed by atoms with Crippen molar-refractivity contribution in [2.24, 2.45) is 0 Å². The first-order valence-corrected chi connectivity index (χ1v) is 10.5. The molecular formula is C21H26N4O3S. The quantitative estimate of drug-likeness (QED) is 0.623. The zero-order chi connectivity index (χ0) is 20.5. The molecule has 3 aromatic rings. The number of benzene rings is 1. The van der Waals surface area contributed by atoms with Crippen LogP contribution in [0.3, 0.4) is 0 Å². The molecule has 29 heavy (non-hydrogen) atoms. The van der Waals surface area contributed by atoms with E-state index in [1.807, 2.05) is 23.1 Å². The number of carbonyl (C=O) groups is 1. The number of ether oxygens (including phenoxy) is 1. The van der Waals surface area contributed by atoms with Gasteiger partial charge in [-0.2, -0.15) is 0 Å². The SMILES string of the molecule is COc1ccc2[nH]c3c(=O)n(CCCC(=O)N4CCCC[C@@H]4C)c(=S)[nH]c3c2c1. The van der Waals surface area contributed by atoms with Crippen molar-refractivity contribution < 1.29 is 9.53 Å². The van der Waals surface area contributed by atoms with Crippen molar-refractivity contribution in [1.29, 1.82) is 0 Å². The Morgan fingerprint density at radius 3 is 2.86 bits per heavy atom. The Morgan fingerprint density at radius 2 is 2.10 bits per heavy atom. The van der Waals surface area contributed by atoms with Crippen LogP contribution in [-0.4, -0.2) is 45.0 Å². The molecule has 3 heterocycles. The molecule has 1 fully saturated rings. The highest BCUT2D eigenvalue weighted by molar-refractivity contribution is 7.71. The number of carbonyl (C=O) groups excluding carboxylic acids is 1. The summed E-state index contributed by atoms with van der Waals surface area (Å²) in [4.78, 5) is 33.9. The van der Waals surface area contributed by atoms with Crippen molar-refractivity contribution in [3.05, 3.63) is 33.3 Å². The molecule has 8 heteroatoms. The van der Waals surface area contributed by atoms with E-state index < -0.39 is 0 Å². The van der Waals surface area contributed by atoms with Gasteiger partial charge in [0, 0.05) is 36.5 Å². The number of aromatic nitrogens is 3. The van der Waals surface area contributed by atoms with E-state index in [1.165, 1.54) is 11.0 Å². The minimum absolute atomic E-state index is 0.166. The van der Waals surface area contributed by atoms with Crippen molar-refractivity contribution in [3.8, 4) is 5.75 Å². The summed E-state index contributed by atoms with van der Waals surface area (Å²) in [7, 11) is 1.61. The van der Waals surface area contributed by atoms with Crippen LogP contribution in [0.2, 0.25) is 0 Å².